The average molecular weight is 272 g/mol. The van der Waals surface area contributed by atoms with Gasteiger partial charge < -0.3 is 10.1 Å². The van der Waals surface area contributed by atoms with Crippen molar-refractivity contribution in [2.75, 3.05) is 19.8 Å². The summed E-state index contributed by atoms with van der Waals surface area (Å²) >= 11 is 6.21. The summed E-state index contributed by atoms with van der Waals surface area (Å²) in [6, 6.07) is 0. The summed E-state index contributed by atoms with van der Waals surface area (Å²) in [6.07, 6.45) is 0. The van der Waals surface area contributed by atoms with Crippen molar-refractivity contribution < 1.29 is 4.74 Å². The number of halogens is 1. The minimum absolute atomic E-state index is 0.619. The number of hydrogen-bond acceptors (Lipinski definition) is 3. The van der Waals surface area contributed by atoms with Crippen molar-refractivity contribution >= 4 is 11.6 Å². The Labute approximate surface area is 114 Å². The molecule has 0 aliphatic carbocycles. The molecule has 0 aliphatic heterocycles. The van der Waals surface area contributed by atoms with Crippen LogP contribution in [0.3, 0.4) is 0 Å². The molecule has 0 spiro atoms. The quantitative estimate of drug-likeness (QED) is 0.583. The molecule has 0 unspecified atom stereocenters. The first kappa shape index (κ1) is 15.2. The van der Waals surface area contributed by atoms with E-state index in [-0.39, 0.29) is 0 Å². The van der Waals surface area contributed by atoms with Gasteiger partial charge in [-0.25, -0.2) is 0 Å². The highest BCUT2D eigenvalue weighted by Gasteiger charge is 2.11. The summed E-state index contributed by atoms with van der Waals surface area (Å²) in [4.78, 5) is 0. The monoisotopic (exact) mass is 271 g/mol. The van der Waals surface area contributed by atoms with Gasteiger partial charge >= 0.3 is 0 Å². The molecule has 0 aliphatic rings. The molecule has 1 aromatic rings. The third kappa shape index (κ3) is 4.44. The number of hydrogen-bond donors (Lipinski definition) is 1. The molecule has 1 heterocycles. The van der Waals surface area contributed by atoms with Gasteiger partial charge in [0.2, 0.25) is 0 Å². The standard InChI is InChI=1S/C13H22ClN3O/c1-5-17-12(13(14)11(4)16-17)8-15-6-7-18-9-10(2)3/h15H,2,5-9H2,1,3-4H3. The predicted molar refractivity (Wildman–Crippen MR) is 75.0 cm³/mol. The maximum Gasteiger partial charge on any atom is 0.0860 e. The van der Waals surface area contributed by atoms with Gasteiger partial charge in [-0.3, -0.25) is 4.68 Å². The normalized spacial score (nSPS) is 10.9. The van der Waals surface area contributed by atoms with Gasteiger partial charge in [0.15, 0.2) is 0 Å². The third-order valence-electron chi connectivity index (χ3n) is 2.52. The third-order valence-corrected chi connectivity index (χ3v) is 3.01. The molecule has 0 aromatic carbocycles. The van der Waals surface area contributed by atoms with E-state index >= 15 is 0 Å². The molecule has 18 heavy (non-hydrogen) atoms. The molecular formula is C13H22ClN3O. The van der Waals surface area contributed by atoms with Gasteiger partial charge in [-0.2, -0.15) is 5.10 Å². The summed E-state index contributed by atoms with van der Waals surface area (Å²) in [5.41, 5.74) is 2.96. The average Bonchev–Trinajstić information content (AvgIpc) is 2.60. The Morgan fingerprint density at radius 1 is 1.56 bits per heavy atom. The molecule has 0 amide bonds. The van der Waals surface area contributed by atoms with Crippen LogP contribution in [0.25, 0.3) is 0 Å². The van der Waals surface area contributed by atoms with E-state index in [0.29, 0.717) is 19.8 Å². The largest absolute Gasteiger partial charge is 0.376 e. The second kappa shape index (κ2) is 7.56. The highest BCUT2D eigenvalue weighted by Crippen LogP contribution is 2.19. The smallest absolute Gasteiger partial charge is 0.0860 e. The van der Waals surface area contributed by atoms with E-state index in [1.807, 2.05) is 18.5 Å². The molecule has 0 radical (unpaired) electrons. The van der Waals surface area contributed by atoms with E-state index < -0.39 is 0 Å². The number of rotatable bonds is 8. The Morgan fingerprint density at radius 2 is 2.28 bits per heavy atom. The summed E-state index contributed by atoms with van der Waals surface area (Å²) in [7, 11) is 0. The topological polar surface area (TPSA) is 39.1 Å². The van der Waals surface area contributed by atoms with E-state index in [1.165, 1.54) is 0 Å². The molecule has 5 heteroatoms. The molecule has 0 bridgehead atoms. The van der Waals surface area contributed by atoms with Crippen molar-refractivity contribution in [2.24, 2.45) is 0 Å². The summed E-state index contributed by atoms with van der Waals surface area (Å²) in [5, 5.41) is 8.43. The Hall–Kier alpha value is -0.840. The fourth-order valence-corrected chi connectivity index (χ4v) is 1.84. The van der Waals surface area contributed by atoms with E-state index in [4.69, 9.17) is 16.3 Å². The van der Waals surface area contributed by atoms with Crippen LogP contribution in [-0.4, -0.2) is 29.5 Å². The first-order valence-corrected chi connectivity index (χ1v) is 6.58. The second-order valence-corrected chi connectivity index (χ2v) is 4.73. The number of aromatic nitrogens is 2. The van der Waals surface area contributed by atoms with Crippen LogP contribution in [0.4, 0.5) is 0 Å². The maximum absolute atomic E-state index is 6.21. The van der Waals surface area contributed by atoms with Crippen LogP contribution in [0.5, 0.6) is 0 Å². The number of nitrogens with one attached hydrogen (secondary N) is 1. The van der Waals surface area contributed by atoms with E-state index in [0.717, 1.165) is 35.1 Å². The zero-order valence-corrected chi connectivity index (χ0v) is 12.2. The van der Waals surface area contributed by atoms with E-state index in [2.05, 4.69) is 23.9 Å². The van der Waals surface area contributed by atoms with Crippen molar-refractivity contribution in [3.05, 3.63) is 28.6 Å². The zero-order valence-electron chi connectivity index (χ0n) is 11.4. The first-order valence-electron chi connectivity index (χ1n) is 6.20. The molecular weight excluding hydrogens is 250 g/mol. The van der Waals surface area contributed by atoms with Crippen LogP contribution in [0.1, 0.15) is 25.2 Å². The maximum atomic E-state index is 6.21. The molecule has 1 N–H and O–H groups in total. The number of ether oxygens (including phenoxy) is 1. The van der Waals surface area contributed by atoms with Crippen LogP contribution in [0.15, 0.2) is 12.2 Å². The highest BCUT2D eigenvalue weighted by atomic mass is 35.5. The Kier molecular flexibility index (Phi) is 6.39. The predicted octanol–water partition coefficient (Wildman–Crippen LogP) is 2.55. The molecule has 102 valence electrons. The fourth-order valence-electron chi connectivity index (χ4n) is 1.64. The lowest BCUT2D eigenvalue weighted by atomic mass is 10.3. The Morgan fingerprint density at radius 3 is 2.89 bits per heavy atom. The van der Waals surface area contributed by atoms with Gasteiger partial charge in [-0.1, -0.05) is 23.8 Å². The van der Waals surface area contributed by atoms with Crippen molar-refractivity contribution in [3.63, 3.8) is 0 Å². The van der Waals surface area contributed by atoms with Gasteiger partial charge in [0.1, 0.15) is 0 Å². The second-order valence-electron chi connectivity index (χ2n) is 4.35. The number of aryl methyl sites for hydroxylation is 2. The molecule has 4 nitrogen and oxygen atoms in total. The van der Waals surface area contributed by atoms with Gasteiger partial charge in [0.25, 0.3) is 0 Å². The fraction of sp³-hybridized carbons (Fsp3) is 0.615. The van der Waals surface area contributed by atoms with Crippen molar-refractivity contribution in [1.29, 1.82) is 0 Å². The lowest BCUT2D eigenvalue weighted by Crippen LogP contribution is -2.21. The minimum atomic E-state index is 0.619. The van der Waals surface area contributed by atoms with Crippen molar-refractivity contribution in [2.45, 2.75) is 33.9 Å². The van der Waals surface area contributed by atoms with Crippen molar-refractivity contribution in [1.82, 2.24) is 15.1 Å². The molecule has 0 atom stereocenters. The Bertz CT molecular complexity index is 401. The van der Waals surface area contributed by atoms with E-state index in [1.54, 1.807) is 0 Å². The van der Waals surface area contributed by atoms with Crippen molar-refractivity contribution in [3.8, 4) is 0 Å². The molecule has 1 aromatic heterocycles. The molecule has 0 fully saturated rings. The van der Waals surface area contributed by atoms with Gasteiger partial charge in [0, 0.05) is 19.6 Å². The molecule has 1 rings (SSSR count). The summed E-state index contributed by atoms with van der Waals surface area (Å²) in [6.45, 7) is 13.3. The van der Waals surface area contributed by atoms with E-state index in [9.17, 15) is 0 Å². The van der Waals surface area contributed by atoms with Crippen LogP contribution in [-0.2, 0) is 17.8 Å². The lowest BCUT2D eigenvalue weighted by molar-refractivity contribution is 0.157. The Balaban J connectivity index is 2.33. The van der Waals surface area contributed by atoms with Gasteiger partial charge in [-0.15, -0.1) is 0 Å². The van der Waals surface area contributed by atoms with Gasteiger partial charge in [-0.05, 0) is 20.8 Å². The summed E-state index contributed by atoms with van der Waals surface area (Å²) in [5.74, 6) is 0. The SMILES string of the molecule is C=C(C)COCCNCc1c(Cl)c(C)nn1CC. The van der Waals surface area contributed by atoms with Gasteiger partial charge in [0.05, 0.1) is 29.6 Å². The summed E-state index contributed by atoms with van der Waals surface area (Å²) < 4.78 is 7.34. The van der Waals surface area contributed by atoms with Crippen LogP contribution in [0.2, 0.25) is 5.02 Å². The van der Waals surface area contributed by atoms with Crippen LogP contribution >= 0.6 is 11.6 Å². The number of nitrogens with zero attached hydrogens (tertiary/aromatic N) is 2. The highest BCUT2D eigenvalue weighted by molar-refractivity contribution is 6.31. The van der Waals surface area contributed by atoms with Crippen LogP contribution in [0, 0.1) is 6.92 Å². The lowest BCUT2D eigenvalue weighted by Gasteiger charge is -2.08. The first-order chi connectivity index (χ1) is 8.56. The van der Waals surface area contributed by atoms with Crippen LogP contribution < -0.4 is 5.32 Å². The zero-order chi connectivity index (χ0) is 13.5. The minimum Gasteiger partial charge on any atom is -0.376 e. The molecule has 0 saturated heterocycles. The molecule has 0 saturated carbocycles.